The first-order chi connectivity index (χ1) is 15.5. The summed E-state index contributed by atoms with van der Waals surface area (Å²) in [6.45, 7) is 6.16. The quantitative estimate of drug-likeness (QED) is 0.330. The van der Waals surface area contributed by atoms with Crippen LogP contribution < -0.4 is 15.6 Å². The van der Waals surface area contributed by atoms with Crippen LogP contribution in [0.5, 0.6) is 5.75 Å². The van der Waals surface area contributed by atoms with E-state index in [0.717, 1.165) is 11.1 Å². The molecule has 1 aliphatic rings. The monoisotopic (exact) mass is 447 g/mol. The van der Waals surface area contributed by atoms with Crippen LogP contribution in [0.15, 0.2) is 71.1 Å². The predicted molar refractivity (Wildman–Crippen MR) is 127 cm³/mol. The Morgan fingerprint density at radius 2 is 1.97 bits per heavy atom. The molecule has 0 radical (unpaired) electrons. The number of nitrogens with one attached hydrogen (secondary N) is 1. The second-order valence-electron chi connectivity index (χ2n) is 7.74. The molecule has 32 heavy (non-hydrogen) atoms. The summed E-state index contributed by atoms with van der Waals surface area (Å²) in [5.41, 5.74) is 3.20. The number of aromatic nitrogens is 2. The topological polar surface area (TPSA) is 73.2 Å². The summed E-state index contributed by atoms with van der Waals surface area (Å²) in [5.74, 6) is 1.19. The number of carbonyl (C=O) groups is 1. The molecule has 2 aromatic carbocycles. The minimum Gasteiger partial charge on any atom is -0.489 e. The molecule has 0 aliphatic carbocycles. The summed E-state index contributed by atoms with van der Waals surface area (Å²) < 4.78 is 7.91. The first-order valence-electron chi connectivity index (χ1n) is 10.4. The van der Waals surface area contributed by atoms with Gasteiger partial charge >= 0.3 is 0 Å². The Kier molecular flexibility index (Phi) is 6.46. The van der Waals surface area contributed by atoms with Crippen molar-refractivity contribution in [2.45, 2.75) is 31.0 Å². The summed E-state index contributed by atoms with van der Waals surface area (Å²) in [5, 5.41) is 3.41. The van der Waals surface area contributed by atoms with Crippen LogP contribution >= 0.6 is 11.8 Å². The summed E-state index contributed by atoms with van der Waals surface area (Å²) in [6.07, 6.45) is 1.91. The zero-order valence-electron chi connectivity index (χ0n) is 18.1. The van der Waals surface area contributed by atoms with E-state index in [1.165, 1.54) is 17.3 Å². The van der Waals surface area contributed by atoms with Gasteiger partial charge in [-0.3, -0.25) is 9.59 Å². The van der Waals surface area contributed by atoms with Gasteiger partial charge in [0.15, 0.2) is 5.16 Å². The Balaban J connectivity index is 1.72. The van der Waals surface area contributed by atoms with E-state index >= 15 is 0 Å². The van der Waals surface area contributed by atoms with Gasteiger partial charge in [-0.15, -0.1) is 6.58 Å². The molecule has 2 heterocycles. The number of hydrogen-bond acceptors (Lipinski definition) is 5. The molecule has 0 unspecified atom stereocenters. The first-order valence-corrected chi connectivity index (χ1v) is 11.4. The van der Waals surface area contributed by atoms with E-state index in [-0.39, 0.29) is 17.9 Å². The van der Waals surface area contributed by atoms with Crippen LogP contribution in [0.1, 0.15) is 34.6 Å². The highest BCUT2D eigenvalue weighted by atomic mass is 32.2. The molecule has 6 nitrogen and oxygen atoms in total. The Hall–Kier alpha value is -3.32. The Morgan fingerprint density at radius 3 is 2.72 bits per heavy atom. The molecule has 0 saturated carbocycles. The van der Waals surface area contributed by atoms with Crippen LogP contribution in [-0.2, 0) is 18.4 Å². The van der Waals surface area contributed by atoms with Gasteiger partial charge in [0.05, 0.1) is 5.56 Å². The number of nitrogens with zero attached hydrogens (tertiary/aromatic N) is 2. The summed E-state index contributed by atoms with van der Waals surface area (Å²) in [7, 11) is 1.80. The molecule has 0 spiro atoms. The minimum absolute atomic E-state index is 0.142. The lowest BCUT2D eigenvalue weighted by Crippen LogP contribution is -2.33. The fourth-order valence-corrected chi connectivity index (χ4v) is 4.51. The van der Waals surface area contributed by atoms with Crippen molar-refractivity contribution >= 4 is 23.5 Å². The third kappa shape index (κ3) is 4.48. The molecule has 1 aromatic heterocycles. The highest BCUT2D eigenvalue weighted by Gasteiger charge is 2.33. The third-order valence-corrected chi connectivity index (χ3v) is 6.47. The highest BCUT2D eigenvalue weighted by molar-refractivity contribution is 7.99. The van der Waals surface area contributed by atoms with Gasteiger partial charge in [0.2, 0.25) is 5.91 Å². The van der Waals surface area contributed by atoms with E-state index in [2.05, 4.69) is 16.9 Å². The molecule has 164 valence electrons. The maximum absolute atomic E-state index is 13.1. The van der Waals surface area contributed by atoms with Gasteiger partial charge in [-0.2, -0.15) is 4.98 Å². The molecular weight excluding hydrogens is 422 g/mol. The average molecular weight is 448 g/mol. The zero-order valence-corrected chi connectivity index (χ0v) is 18.9. The van der Waals surface area contributed by atoms with E-state index in [1.807, 2.05) is 55.5 Å². The maximum Gasteiger partial charge on any atom is 0.279 e. The van der Waals surface area contributed by atoms with Gasteiger partial charge in [-0.25, -0.2) is 0 Å². The van der Waals surface area contributed by atoms with Crippen molar-refractivity contribution in [3.8, 4) is 5.75 Å². The number of rotatable bonds is 7. The van der Waals surface area contributed by atoms with E-state index in [9.17, 15) is 9.59 Å². The number of fused-ring (bicyclic) bond motifs is 1. The van der Waals surface area contributed by atoms with Crippen LogP contribution in [0.3, 0.4) is 0 Å². The number of benzene rings is 2. The van der Waals surface area contributed by atoms with Crippen molar-refractivity contribution in [3.05, 3.63) is 93.8 Å². The zero-order chi connectivity index (χ0) is 22.7. The van der Waals surface area contributed by atoms with Gasteiger partial charge in [-0.05, 0) is 18.6 Å². The molecule has 7 heteroatoms. The molecular formula is C25H25N3O3S. The number of hydrogen-bond donors (Lipinski definition) is 1. The standard InChI is InChI=1S/C25H25N3O3S/c1-4-13-32-25-27-24(30)22-19(14-21(29)26-23(22)28(25)3)18-7-5-6-8-20(18)31-15-17-11-9-16(2)10-12-17/h4-12,19H,1,13-15H2,2-3H3,(H,26,29)/t19-/m1/s1. The molecule has 4 rings (SSSR count). The maximum atomic E-state index is 13.1. The van der Waals surface area contributed by atoms with Gasteiger partial charge < -0.3 is 14.6 Å². The fourth-order valence-electron chi connectivity index (χ4n) is 3.81. The van der Waals surface area contributed by atoms with Crippen LogP contribution in [0.2, 0.25) is 0 Å². The van der Waals surface area contributed by atoms with Gasteiger partial charge in [0.1, 0.15) is 18.2 Å². The van der Waals surface area contributed by atoms with E-state index < -0.39 is 5.92 Å². The average Bonchev–Trinajstić information content (AvgIpc) is 2.79. The van der Waals surface area contributed by atoms with E-state index in [0.29, 0.717) is 34.6 Å². The van der Waals surface area contributed by atoms with Gasteiger partial charge in [0.25, 0.3) is 5.56 Å². The van der Waals surface area contributed by atoms with Crippen molar-refractivity contribution in [2.24, 2.45) is 7.05 Å². The molecule has 1 aliphatic heterocycles. The summed E-state index contributed by atoms with van der Waals surface area (Å²) >= 11 is 1.40. The SMILES string of the molecule is C=CCSc1nc(=O)c2c(n1C)NC(=O)C[C@@H]2c1ccccc1OCc1ccc(C)cc1. The molecule has 1 amide bonds. The van der Waals surface area contributed by atoms with Crippen LogP contribution in [0.4, 0.5) is 5.82 Å². The van der Waals surface area contributed by atoms with Gasteiger partial charge in [0, 0.05) is 30.7 Å². The summed E-state index contributed by atoms with van der Waals surface area (Å²) in [4.78, 5) is 30.0. The van der Waals surface area contributed by atoms with Gasteiger partial charge in [-0.1, -0.05) is 65.9 Å². The molecule has 0 saturated heterocycles. The van der Waals surface area contributed by atoms with E-state index in [1.54, 1.807) is 17.7 Å². The Labute approximate surface area is 191 Å². The van der Waals surface area contributed by atoms with Crippen molar-refractivity contribution in [3.63, 3.8) is 0 Å². The van der Waals surface area contributed by atoms with Crippen LogP contribution in [-0.4, -0.2) is 21.2 Å². The Bertz CT molecular complexity index is 1220. The second-order valence-corrected chi connectivity index (χ2v) is 8.72. The van der Waals surface area contributed by atoms with Crippen LogP contribution in [0.25, 0.3) is 0 Å². The van der Waals surface area contributed by atoms with E-state index in [4.69, 9.17) is 4.74 Å². The van der Waals surface area contributed by atoms with Crippen molar-refractivity contribution in [2.75, 3.05) is 11.1 Å². The Morgan fingerprint density at radius 1 is 1.22 bits per heavy atom. The second kappa shape index (κ2) is 9.44. The largest absolute Gasteiger partial charge is 0.489 e. The number of aryl methyl sites for hydroxylation is 1. The smallest absolute Gasteiger partial charge is 0.279 e. The normalized spacial score (nSPS) is 15.1. The lowest BCUT2D eigenvalue weighted by molar-refractivity contribution is -0.116. The molecule has 1 N–H and O–H groups in total. The number of carbonyl (C=O) groups excluding carboxylic acids is 1. The number of para-hydroxylation sites is 1. The van der Waals surface area contributed by atoms with Crippen LogP contribution in [0, 0.1) is 6.92 Å². The summed E-state index contributed by atoms with van der Waals surface area (Å²) in [6, 6.07) is 15.7. The number of amides is 1. The number of ether oxygens (including phenoxy) is 1. The first kappa shape index (κ1) is 21.9. The number of thioether (sulfide) groups is 1. The fraction of sp³-hybridized carbons (Fsp3) is 0.240. The van der Waals surface area contributed by atoms with Crippen molar-refractivity contribution in [1.82, 2.24) is 9.55 Å². The molecule has 1 atom stereocenters. The third-order valence-electron chi connectivity index (χ3n) is 5.44. The number of anilines is 1. The molecule has 0 bridgehead atoms. The lowest BCUT2D eigenvalue weighted by atomic mass is 9.86. The molecule has 0 fully saturated rings. The highest BCUT2D eigenvalue weighted by Crippen LogP contribution is 2.39. The van der Waals surface area contributed by atoms with Crippen molar-refractivity contribution < 1.29 is 9.53 Å². The predicted octanol–water partition coefficient (Wildman–Crippen LogP) is 4.42. The van der Waals surface area contributed by atoms with Crippen molar-refractivity contribution in [1.29, 1.82) is 0 Å². The lowest BCUT2D eigenvalue weighted by Gasteiger charge is -2.28. The minimum atomic E-state index is -0.433. The molecule has 3 aromatic rings.